The maximum Gasteiger partial charge on any atom is 0.124 e. The minimum Gasteiger partial charge on any atom is -0.153 e. The van der Waals surface area contributed by atoms with E-state index in [-0.39, 0.29) is 0 Å². The van der Waals surface area contributed by atoms with Crippen LogP contribution in [0.2, 0.25) is 13.1 Å². The molecule has 0 bridgehead atoms. The van der Waals surface area contributed by atoms with Gasteiger partial charge >= 0.3 is 0 Å². The van der Waals surface area contributed by atoms with Crippen LogP contribution in [0, 0.1) is 0 Å². The molecule has 0 atom stereocenters. The smallest absolute Gasteiger partial charge is 0.124 e. The van der Waals surface area contributed by atoms with Crippen LogP contribution in [-0.4, -0.2) is 8.07 Å². The van der Waals surface area contributed by atoms with Gasteiger partial charge in [-0.2, -0.15) is 11.3 Å². The second-order valence-electron chi connectivity index (χ2n) is 4.55. The van der Waals surface area contributed by atoms with Crippen molar-refractivity contribution >= 4 is 23.9 Å². The van der Waals surface area contributed by atoms with Crippen LogP contribution in [0.4, 0.5) is 0 Å². The Bertz CT molecular complexity index is 410. The fourth-order valence-electron chi connectivity index (χ4n) is 2.22. The Morgan fingerprint density at radius 2 is 2.20 bits per heavy atom. The Morgan fingerprint density at radius 3 is 2.80 bits per heavy atom. The summed E-state index contributed by atoms with van der Waals surface area (Å²) in [5.74, 6) is 0. The third kappa shape index (κ3) is 1.88. The van der Waals surface area contributed by atoms with Crippen LogP contribution in [0.3, 0.4) is 0 Å². The van der Waals surface area contributed by atoms with E-state index in [4.69, 9.17) is 0 Å². The first kappa shape index (κ1) is 10.9. The van der Waals surface area contributed by atoms with Gasteiger partial charge in [-0.25, -0.2) is 0 Å². The summed E-state index contributed by atoms with van der Waals surface area (Å²) in [6.45, 7) is 7.20. The zero-order chi connectivity index (χ0) is 10.9. The highest BCUT2D eigenvalue weighted by molar-refractivity contribution is 7.27. The van der Waals surface area contributed by atoms with Gasteiger partial charge in [-0.1, -0.05) is 43.4 Å². The summed E-state index contributed by atoms with van der Waals surface area (Å²) in [6.07, 6.45) is 9.34. The average molecular weight is 234 g/mol. The van der Waals surface area contributed by atoms with Gasteiger partial charge in [0.2, 0.25) is 0 Å². The molecule has 1 aliphatic carbocycles. The second kappa shape index (κ2) is 4.10. The van der Waals surface area contributed by atoms with Crippen molar-refractivity contribution in [3.63, 3.8) is 0 Å². The van der Waals surface area contributed by atoms with Crippen molar-refractivity contribution in [2.24, 2.45) is 0 Å². The highest BCUT2D eigenvalue weighted by Crippen LogP contribution is 2.24. The maximum atomic E-state index is 2.47. The molecule has 1 aromatic rings. The van der Waals surface area contributed by atoms with Crippen molar-refractivity contribution in [1.82, 2.24) is 0 Å². The minimum atomic E-state index is -1.37. The zero-order valence-electron chi connectivity index (χ0n) is 9.71. The number of aryl methyl sites for hydroxylation is 1. The quantitative estimate of drug-likeness (QED) is 0.700. The fraction of sp³-hybridized carbons (Fsp3) is 0.385. The van der Waals surface area contributed by atoms with Gasteiger partial charge < -0.3 is 0 Å². The molecule has 0 fully saturated rings. The van der Waals surface area contributed by atoms with Gasteiger partial charge in [0.05, 0.1) is 0 Å². The monoisotopic (exact) mass is 234 g/mol. The molecule has 0 saturated heterocycles. The first-order chi connectivity index (χ1) is 7.16. The predicted octanol–water partition coefficient (Wildman–Crippen LogP) is 3.65. The predicted molar refractivity (Wildman–Crippen MR) is 72.7 cm³/mol. The van der Waals surface area contributed by atoms with Crippen molar-refractivity contribution in [1.29, 1.82) is 0 Å². The molecule has 15 heavy (non-hydrogen) atoms. The lowest BCUT2D eigenvalue weighted by Gasteiger charge is -2.23. The van der Waals surface area contributed by atoms with Crippen LogP contribution in [0.1, 0.15) is 18.9 Å². The average Bonchev–Trinajstić information content (AvgIpc) is 2.89. The first-order valence-corrected chi connectivity index (χ1v) is 9.48. The van der Waals surface area contributed by atoms with Crippen LogP contribution < -0.4 is 4.50 Å². The molecular formula is C13H18SSi. The summed E-state index contributed by atoms with van der Waals surface area (Å²) >= 11 is 1.95. The molecule has 0 radical (unpaired) electrons. The van der Waals surface area contributed by atoms with Gasteiger partial charge in [-0.05, 0) is 34.4 Å². The highest BCUT2D eigenvalue weighted by Gasteiger charge is 2.30. The molecule has 80 valence electrons. The number of hydrogen-bond donors (Lipinski definition) is 0. The van der Waals surface area contributed by atoms with E-state index in [1.54, 1.807) is 15.3 Å². The molecule has 0 unspecified atom stereocenters. The molecule has 0 N–H and O–H groups in total. The lowest BCUT2D eigenvalue weighted by Crippen LogP contribution is -2.42. The summed E-state index contributed by atoms with van der Waals surface area (Å²) in [5, 5.41) is 3.86. The molecule has 1 aliphatic rings. The minimum absolute atomic E-state index is 1.14. The Hall–Kier alpha value is -0.603. The largest absolute Gasteiger partial charge is 0.153 e. The van der Waals surface area contributed by atoms with E-state index in [2.05, 4.69) is 49.7 Å². The van der Waals surface area contributed by atoms with E-state index in [0.29, 0.717) is 0 Å². The van der Waals surface area contributed by atoms with Crippen LogP contribution >= 0.6 is 11.3 Å². The maximum absolute atomic E-state index is 2.47. The third-order valence-electron chi connectivity index (χ3n) is 3.19. The third-order valence-corrected chi connectivity index (χ3v) is 9.11. The molecule has 0 aromatic carbocycles. The molecule has 0 saturated carbocycles. The SMILES string of the molecule is CCc1ccsc1[Si](C)(C)C1=CCC=C1. The number of allylic oxidation sites excluding steroid dienone is 4. The summed E-state index contributed by atoms with van der Waals surface area (Å²) in [5.41, 5.74) is 1.57. The Labute approximate surface area is 97.4 Å². The molecule has 0 nitrogen and oxygen atoms in total. The highest BCUT2D eigenvalue weighted by atomic mass is 32.1. The fourth-order valence-corrected chi connectivity index (χ4v) is 7.17. The van der Waals surface area contributed by atoms with Gasteiger partial charge in [0.25, 0.3) is 0 Å². The van der Waals surface area contributed by atoms with Gasteiger partial charge in [0, 0.05) is 0 Å². The normalized spacial score (nSPS) is 15.8. The van der Waals surface area contributed by atoms with Crippen LogP contribution in [0.25, 0.3) is 0 Å². The summed E-state index contributed by atoms with van der Waals surface area (Å²) < 4.78 is 1.67. The molecule has 0 aliphatic heterocycles. The van der Waals surface area contributed by atoms with Crippen molar-refractivity contribution in [3.05, 3.63) is 40.4 Å². The standard InChI is InChI=1S/C13H18SSi/c1-4-11-9-10-14-13(11)15(2,3)12-7-5-6-8-12/h5,7-10H,4,6H2,1-3H3. The van der Waals surface area contributed by atoms with Gasteiger partial charge in [-0.15, -0.1) is 0 Å². The first-order valence-electron chi connectivity index (χ1n) is 5.60. The van der Waals surface area contributed by atoms with Crippen LogP contribution in [-0.2, 0) is 6.42 Å². The lowest BCUT2D eigenvalue weighted by atomic mass is 10.3. The molecular weight excluding hydrogens is 216 g/mol. The molecule has 0 spiro atoms. The van der Waals surface area contributed by atoms with Crippen molar-refractivity contribution < 1.29 is 0 Å². The van der Waals surface area contributed by atoms with E-state index in [0.717, 1.165) is 6.42 Å². The topological polar surface area (TPSA) is 0 Å². The second-order valence-corrected chi connectivity index (χ2v) is 10.2. The summed E-state index contributed by atoms with van der Waals surface area (Å²) in [4.78, 5) is 0. The lowest BCUT2D eigenvalue weighted by molar-refractivity contribution is 1.16. The summed E-state index contributed by atoms with van der Waals surface area (Å²) in [6, 6.07) is 2.30. The Kier molecular flexibility index (Phi) is 2.98. The van der Waals surface area contributed by atoms with Crippen LogP contribution in [0.15, 0.2) is 34.9 Å². The van der Waals surface area contributed by atoms with Crippen molar-refractivity contribution in [2.45, 2.75) is 32.9 Å². The molecule has 2 heteroatoms. The Balaban J connectivity index is 2.40. The molecule has 1 aromatic heterocycles. The van der Waals surface area contributed by atoms with E-state index < -0.39 is 8.07 Å². The molecule has 1 heterocycles. The van der Waals surface area contributed by atoms with Crippen LogP contribution in [0.5, 0.6) is 0 Å². The Morgan fingerprint density at radius 1 is 1.40 bits per heavy atom. The van der Waals surface area contributed by atoms with E-state index in [9.17, 15) is 0 Å². The van der Waals surface area contributed by atoms with Gasteiger partial charge in [-0.3, -0.25) is 0 Å². The van der Waals surface area contributed by atoms with E-state index >= 15 is 0 Å². The van der Waals surface area contributed by atoms with Gasteiger partial charge in [0.1, 0.15) is 8.07 Å². The van der Waals surface area contributed by atoms with Crippen molar-refractivity contribution in [3.8, 4) is 0 Å². The van der Waals surface area contributed by atoms with Crippen molar-refractivity contribution in [2.75, 3.05) is 0 Å². The summed E-state index contributed by atoms with van der Waals surface area (Å²) in [7, 11) is -1.37. The zero-order valence-corrected chi connectivity index (χ0v) is 11.5. The van der Waals surface area contributed by atoms with Gasteiger partial charge in [0.15, 0.2) is 0 Å². The molecule has 2 rings (SSSR count). The van der Waals surface area contributed by atoms with E-state index in [1.807, 2.05) is 11.3 Å². The number of thiophene rings is 1. The molecule has 0 amide bonds. The number of hydrogen-bond acceptors (Lipinski definition) is 1. The van der Waals surface area contributed by atoms with E-state index in [1.165, 1.54) is 6.42 Å². The number of rotatable bonds is 3.